The number of aliphatic hydroxyl groups excluding tert-OH is 1. The van der Waals surface area contributed by atoms with Crippen molar-refractivity contribution in [3.63, 3.8) is 0 Å². The fraction of sp³-hybridized carbons (Fsp3) is 0.538. The lowest BCUT2D eigenvalue weighted by atomic mass is 10.1. The Balaban J connectivity index is 0. The summed E-state index contributed by atoms with van der Waals surface area (Å²) >= 11 is 0. The summed E-state index contributed by atoms with van der Waals surface area (Å²) in [5, 5.41) is 15.1. The van der Waals surface area contributed by atoms with Crippen LogP contribution in [0.3, 0.4) is 0 Å². The fourth-order valence-corrected chi connectivity index (χ4v) is 1.54. The van der Waals surface area contributed by atoms with Gasteiger partial charge in [0.05, 0.1) is 6.61 Å². The summed E-state index contributed by atoms with van der Waals surface area (Å²) in [7, 11) is 0. The Labute approximate surface area is 122 Å². The van der Waals surface area contributed by atoms with Gasteiger partial charge in [-0.3, -0.25) is 0 Å². The van der Waals surface area contributed by atoms with Crippen molar-refractivity contribution in [2.75, 3.05) is 32.8 Å². The van der Waals surface area contributed by atoms with Gasteiger partial charge >= 0.3 is 0 Å². The van der Waals surface area contributed by atoms with Gasteiger partial charge in [-0.05, 0) is 38.0 Å². The summed E-state index contributed by atoms with van der Waals surface area (Å²) in [5.41, 5.74) is 1.38. The molecule has 0 aliphatic heterocycles. The first-order chi connectivity index (χ1) is 7.93. The van der Waals surface area contributed by atoms with Crippen LogP contribution in [0.25, 0.3) is 0 Å². The van der Waals surface area contributed by atoms with Crippen LogP contribution in [0.4, 0.5) is 0 Å². The van der Waals surface area contributed by atoms with E-state index in [1.54, 1.807) is 0 Å². The van der Waals surface area contributed by atoms with E-state index < -0.39 is 0 Å². The first-order valence-corrected chi connectivity index (χ1v) is 5.99. The van der Waals surface area contributed by atoms with E-state index in [9.17, 15) is 0 Å². The Morgan fingerprint density at radius 2 is 1.44 bits per heavy atom. The smallest absolute Gasteiger partial charge is 0.0555 e. The number of hydrogen-bond acceptors (Lipinski definition) is 3. The van der Waals surface area contributed by atoms with Gasteiger partial charge < -0.3 is 15.7 Å². The van der Waals surface area contributed by atoms with Crippen LogP contribution in [0.1, 0.15) is 12.0 Å². The molecule has 18 heavy (non-hydrogen) atoms. The molecule has 3 nitrogen and oxygen atoms in total. The van der Waals surface area contributed by atoms with Gasteiger partial charge in [0.15, 0.2) is 0 Å². The largest absolute Gasteiger partial charge is 0.395 e. The molecule has 0 amide bonds. The van der Waals surface area contributed by atoms with Crippen LogP contribution >= 0.6 is 24.8 Å². The molecule has 0 atom stereocenters. The highest BCUT2D eigenvalue weighted by Gasteiger charge is 1.91. The molecule has 0 unspecified atom stereocenters. The second-order valence-electron chi connectivity index (χ2n) is 3.81. The van der Waals surface area contributed by atoms with Crippen LogP contribution in [-0.4, -0.2) is 37.9 Å². The van der Waals surface area contributed by atoms with Crippen molar-refractivity contribution in [3.8, 4) is 0 Å². The van der Waals surface area contributed by atoms with Gasteiger partial charge in [0.2, 0.25) is 0 Å². The molecule has 5 heteroatoms. The normalized spacial score (nSPS) is 9.39. The van der Waals surface area contributed by atoms with Crippen LogP contribution in [-0.2, 0) is 6.42 Å². The lowest BCUT2D eigenvalue weighted by molar-refractivity contribution is 0.292. The van der Waals surface area contributed by atoms with Gasteiger partial charge in [-0.1, -0.05) is 30.3 Å². The van der Waals surface area contributed by atoms with Gasteiger partial charge in [-0.25, -0.2) is 0 Å². The highest BCUT2D eigenvalue weighted by Crippen LogP contribution is 1.97. The summed E-state index contributed by atoms with van der Waals surface area (Å²) in [6.07, 6.45) is 2.19. The molecule has 1 aromatic rings. The highest BCUT2D eigenvalue weighted by molar-refractivity contribution is 5.85. The molecule has 1 rings (SSSR count). The number of nitrogens with one attached hydrogen (secondary N) is 2. The van der Waals surface area contributed by atoms with E-state index in [1.165, 1.54) is 5.56 Å². The van der Waals surface area contributed by atoms with E-state index in [1.807, 2.05) is 6.07 Å². The first kappa shape index (κ1) is 20.0. The number of aliphatic hydroxyl groups is 1. The van der Waals surface area contributed by atoms with E-state index in [0.717, 1.165) is 32.5 Å². The molecule has 3 N–H and O–H groups in total. The van der Waals surface area contributed by atoms with Crippen LogP contribution in [0.15, 0.2) is 30.3 Å². The quantitative estimate of drug-likeness (QED) is 0.607. The summed E-state index contributed by atoms with van der Waals surface area (Å²) in [6.45, 7) is 3.96. The van der Waals surface area contributed by atoms with Crippen LogP contribution in [0.2, 0.25) is 0 Å². The average molecular weight is 295 g/mol. The van der Waals surface area contributed by atoms with Crippen molar-refractivity contribution in [1.82, 2.24) is 10.6 Å². The monoisotopic (exact) mass is 294 g/mol. The molecule has 0 aliphatic rings. The molecule has 0 saturated carbocycles. The number of rotatable bonds is 9. The van der Waals surface area contributed by atoms with E-state index in [-0.39, 0.29) is 31.4 Å². The number of hydrogen-bond donors (Lipinski definition) is 3. The standard InChI is InChI=1S/C13H22N2O.2ClH/c16-12-11-15-9-4-8-14-10-7-13-5-2-1-3-6-13;;/h1-3,5-6,14-16H,4,7-12H2;2*1H. The topological polar surface area (TPSA) is 44.3 Å². The maximum absolute atomic E-state index is 8.55. The summed E-state index contributed by atoms with van der Waals surface area (Å²) < 4.78 is 0. The highest BCUT2D eigenvalue weighted by atomic mass is 35.5. The van der Waals surface area contributed by atoms with Crippen molar-refractivity contribution in [3.05, 3.63) is 35.9 Å². The van der Waals surface area contributed by atoms with Crippen LogP contribution in [0.5, 0.6) is 0 Å². The third-order valence-electron chi connectivity index (χ3n) is 2.43. The van der Waals surface area contributed by atoms with E-state index >= 15 is 0 Å². The maximum atomic E-state index is 8.55. The van der Waals surface area contributed by atoms with Crippen molar-refractivity contribution >= 4 is 24.8 Å². The predicted octanol–water partition coefficient (Wildman–Crippen LogP) is 1.63. The van der Waals surface area contributed by atoms with Crippen molar-refractivity contribution in [1.29, 1.82) is 0 Å². The molecule has 0 aromatic heterocycles. The maximum Gasteiger partial charge on any atom is 0.0555 e. The van der Waals surface area contributed by atoms with Gasteiger partial charge in [0, 0.05) is 6.54 Å². The zero-order valence-corrected chi connectivity index (χ0v) is 12.2. The molecule has 0 fully saturated rings. The average Bonchev–Trinajstić information content (AvgIpc) is 2.34. The number of benzene rings is 1. The second kappa shape index (κ2) is 14.7. The molecule has 1 aromatic carbocycles. The molecule has 0 radical (unpaired) electrons. The second-order valence-corrected chi connectivity index (χ2v) is 3.81. The minimum absolute atomic E-state index is 0. The molecule has 106 valence electrons. The Morgan fingerprint density at radius 1 is 0.833 bits per heavy atom. The lowest BCUT2D eigenvalue weighted by Crippen LogP contribution is -2.25. The Morgan fingerprint density at radius 3 is 2.06 bits per heavy atom. The first-order valence-electron chi connectivity index (χ1n) is 5.99. The minimum Gasteiger partial charge on any atom is -0.395 e. The van der Waals surface area contributed by atoms with E-state index in [2.05, 4.69) is 34.9 Å². The molecular formula is C13H24Cl2N2O. The van der Waals surface area contributed by atoms with E-state index in [0.29, 0.717) is 6.54 Å². The van der Waals surface area contributed by atoms with Crippen LogP contribution < -0.4 is 10.6 Å². The predicted molar refractivity (Wildman–Crippen MR) is 82.1 cm³/mol. The van der Waals surface area contributed by atoms with Crippen LogP contribution in [0, 0.1) is 0 Å². The molecule has 0 aliphatic carbocycles. The lowest BCUT2D eigenvalue weighted by Gasteiger charge is -2.05. The third kappa shape index (κ3) is 10.8. The summed E-state index contributed by atoms with van der Waals surface area (Å²) in [6, 6.07) is 10.5. The fourth-order valence-electron chi connectivity index (χ4n) is 1.54. The molecular weight excluding hydrogens is 271 g/mol. The van der Waals surface area contributed by atoms with Crippen molar-refractivity contribution < 1.29 is 5.11 Å². The van der Waals surface area contributed by atoms with Gasteiger partial charge in [-0.15, -0.1) is 24.8 Å². The van der Waals surface area contributed by atoms with E-state index in [4.69, 9.17) is 5.11 Å². The zero-order valence-electron chi connectivity index (χ0n) is 10.6. The zero-order chi connectivity index (χ0) is 11.5. The molecule has 0 saturated heterocycles. The third-order valence-corrected chi connectivity index (χ3v) is 2.43. The van der Waals surface area contributed by atoms with Gasteiger partial charge in [0.1, 0.15) is 0 Å². The molecule has 0 bridgehead atoms. The molecule has 0 spiro atoms. The summed E-state index contributed by atoms with van der Waals surface area (Å²) in [5.74, 6) is 0. The Hall–Kier alpha value is -0.320. The number of halogens is 2. The SMILES string of the molecule is Cl.Cl.OCCNCCCNCCc1ccccc1. The molecule has 0 heterocycles. The minimum atomic E-state index is 0. The van der Waals surface area contributed by atoms with Gasteiger partial charge in [-0.2, -0.15) is 0 Å². The van der Waals surface area contributed by atoms with Gasteiger partial charge in [0.25, 0.3) is 0 Å². The Kier molecular flexibility index (Phi) is 16.4. The van der Waals surface area contributed by atoms with Crippen molar-refractivity contribution in [2.45, 2.75) is 12.8 Å². The Bertz CT molecular complexity index is 260. The van der Waals surface area contributed by atoms with Crippen molar-refractivity contribution in [2.24, 2.45) is 0 Å². The summed E-state index contributed by atoms with van der Waals surface area (Å²) in [4.78, 5) is 0.